The molecule has 1 aliphatic carbocycles. The molecule has 2 aliphatic rings. The van der Waals surface area contributed by atoms with Crippen LogP contribution >= 0.6 is 35.5 Å². The molecule has 0 aromatic carbocycles. The first-order valence-corrected chi connectivity index (χ1v) is 10.5. The van der Waals surface area contributed by atoms with Crippen LogP contribution in [0, 0.1) is 5.41 Å². The summed E-state index contributed by atoms with van der Waals surface area (Å²) in [7, 11) is 0. The number of nitrogens with one attached hydrogen (secondary N) is 1. The standard InChI is InChI=1S/C18H28N2OS2.ClH/c1-17(2,3)23-13-16(21)20(11-14-4-9-22-12-14)15-10-18(15)5-7-19-8-6-18;/h4,9,12,15,19H,5-8,10-11,13H2,1-3H3;1H. The Balaban J connectivity index is 0.00000208. The minimum Gasteiger partial charge on any atom is -0.334 e. The number of halogens is 1. The molecule has 3 rings (SSSR count). The SMILES string of the molecule is CC(C)(C)SCC(=O)N(Cc1ccsc1)C1CC12CCNCC2.Cl. The van der Waals surface area contributed by atoms with Crippen LogP contribution < -0.4 is 5.32 Å². The van der Waals surface area contributed by atoms with E-state index in [0.717, 1.165) is 19.6 Å². The number of amides is 1. The first kappa shape index (κ1) is 20.1. The van der Waals surface area contributed by atoms with Crippen molar-refractivity contribution >= 4 is 41.4 Å². The molecule has 1 saturated carbocycles. The lowest BCUT2D eigenvalue weighted by Crippen LogP contribution is -2.40. The quantitative estimate of drug-likeness (QED) is 0.821. The van der Waals surface area contributed by atoms with Crippen molar-refractivity contribution < 1.29 is 4.79 Å². The molecule has 1 aliphatic heterocycles. The topological polar surface area (TPSA) is 32.3 Å². The number of nitrogens with zero attached hydrogens (tertiary/aromatic N) is 1. The van der Waals surface area contributed by atoms with Gasteiger partial charge >= 0.3 is 0 Å². The Labute approximate surface area is 160 Å². The summed E-state index contributed by atoms with van der Waals surface area (Å²) >= 11 is 3.48. The van der Waals surface area contributed by atoms with Crippen molar-refractivity contribution in [2.24, 2.45) is 5.41 Å². The van der Waals surface area contributed by atoms with Crippen LogP contribution in [0.3, 0.4) is 0 Å². The molecule has 1 saturated heterocycles. The van der Waals surface area contributed by atoms with Crippen molar-refractivity contribution in [3.63, 3.8) is 0 Å². The largest absolute Gasteiger partial charge is 0.334 e. The van der Waals surface area contributed by atoms with E-state index in [0.29, 0.717) is 23.1 Å². The molecule has 1 spiro atoms. The zero-order valence-electron chi connectivity index (χ0n) is 14.8. The van der Waals surface area contributed by atoms with Gasteiger partial charge in [-0.25, -0.2) is 0 Å². The van der Waals surface area contributed by atoms with Crippen molar-refractivity contribution in [3.8, 4) is 0 Å². The van der Waals surface area contributed by atoms with E-state index < -0.39 is 0 Å². The van der Waals surface area contributed by atoms with Crippen molar-refractivity contribution in [1.82, 2.24) is 10.2 Å². The zero-order chi connectivity index (χ0) is 16.5. The molecule has 0 radical (unpaired) electrons. The zero-order valence-corrected chi connectivity index (χ0v) is 17.3. The maximum Gasteiger partial charge on any atom is 0.233 e. The van der Waals surface area contributed by atoms with Crippen molar-refractivity contribution in [2.75, 3.05) is 18.8 Å². The number of carbonyl (C=O) groups is 1. The fourth-order valence-electron chi connectivity index (χ4n) is 3.54. The molecule has 136 valence electrons. The maximum absolute atomic E-state index is 12.9. The summed E-state index contributed by atoms with van der Waals surface area (Å²) in [5.41, 5.74) is 1.68. The number of rotatable bonds is 5. The Morgan fingerprint density at radius 1 is 1.42 bits per heavy atom. The van der Waals surface area contributed by atoms with Gasteiger partial charge in [0.2, 0.25) is 5.91 Å². The van der Waals surface area contributed by atoms with Gasteiger partial charge in [-0.05, 0) is 60.2 Å². The summed E-state index contributed by atoms with van der Waals surface area (Å²) in [6.45, 7) is 9.53. The van der Waals surface area contributed by atoms with Crippen LogP contribution in [-0.4, -0.2) is 40.4 Å². The van der Waals surface area contributed by atoms with Gasteiger partial charge < -0.3 is 10.2 Å². The van der Waals surface area contributed by atoms with E-state index in [2.05, 4.69) is 47.8 Å². The molecule has 1 aromatic rings. The Morgan fingerprint density at radius 2 is 2.12 bits per heavy atom. The van der Waals surface area contributed by atoms with Crippen LogP contribution in [0.25, 0.3) is 0 Å². The molecule has 2 fully saturated rings. The van der Waals surface area contributed by atoms with Crippen molar-refractivity contribution in [3.05, 3.63) is 22.4 Å². The lowest BCUT2D eigenvalue weighted by atomic mass is 9.93. The molecule has 1 N–H and O–H groups in total. The minimum atomic E-state index is 0. The Kier molecular flexibility index (Phi) is 6.68. The number of hydrogen-bond donors (Lipinski definition) is 1. The number of piperidine rings is 1. The molecule has 24 heavy (non-hydrogen) atoms. The first-order chi connectivity index (χ1) is 10.9. The first-order valence-electron chi connectivity index (χ1n) is 8.55. The monoisotopic (exact) mass is 388 g/mol. The molecular weight excluding hydrogens is 360 g/mol. The molecule has 0 bridgehead atoms. The Morgan fingerprint density at radius 3 is 2.71 bits per heavy atom. The van der Waals surface area contributed by atoms with E-state index in [1.165, 1.54) is 24.8 Å². The minimum absolute atomic E-state index is 0. The van der Waals surface area contributed by atoms with Gasteiger partial charge in [0.1, 0.15) is 0 Å². The van der Waals surface area contributed by atoms with E-state index in [1.807, 2.05) is 0 Å². The molecule has 2 heterocycles. The van der Waals surface area contributed by atoms with E-state index in [9.17, 15) is 4.79 Å². The summed E-state index contributed by atoms with van der Waals surface area (Å²) in [5, 5.41) is 7.74. The summed E-state index contributed by atoms with van der Waals surface area (Å²) in [6.07, 6.45) is 3.64. The van der Waals surface area contributed by atoms with Crippen molar-refractivity contribution in [2.45, 2.75) is 57.4 Å². The molecule has 1 unspecified atom stereocenters. The highest BCUT2D eigenvalue weighted by Crippen LogP contribution is 2.56. The fourth-order valence-corrected chi connectivity index (χ4v) is 4.92. The number of thioether (sulfide) groups is 1. The van der Waals surface area contributed by atoms with Crippen LogP contribution in [0.2, 0.25) is 0 Å². The van der Waals surface area contributed by atoms with Gasteiger partial charge in [0.15, 0.2) is 0 Å². The second-order valence-corrected chi connectivity index (χ2v) is 10.5. The van der Waals surface area contributed by atoms with E-state index >= 15 is 0 Å². The third-order valence-electron chi connectivity index (χ3n) is 5.00. The third-order valence-corrected chi connectivity index (χ3v) is 6.99. The third kappa shape index (κ3) is 4.90. The fraction of sp³-hybridized carbons (Fsp3) is 0.722. The van der Waals surface area contributed by atoms with Gasteiger partial charge in [0, 0.05) is 17.3 Å². The van der Waals surface area contributed by atoms with Gasteiger partial charge in [0.05, 0.1) is 5.75 Å². The Bertz CT molecular complexity index is 536. The highest BCUT2D eigenvalue weighted by atomic mass is 35.5. The van der Waals surface area contributed by atoms with Crippen LogP contribution in [-0.2, 0) is 11.3 Å². The second kappa shape index (κ2) is 7.98. The van der Waals surface area contributed by atoms with Crippen LogP contribution in [0.1, 0.15) is 45.6 Å². The van der Waals surface area contributed by atoms with Gasteiger partial charge in [-0.2, -0.15) is 11.3 Å². The molecular formula is C18H29ClN2OS2. The lowest BCUT2D eigenvalue weighted by molar-refractivity contribution is -0.130. The van der Waals surface area contributed by atoms with E-state index in [-0.39, 0.29) is 17.2 Å². The van der Waals surface area contributed by atoms with Crippen LogP contribution in [0.5, 0.6) is 0 Å². The second-order valence-electron chi connectivity index (χ2n) is 7.89. The van der Waals surface area contributed by atoms with Crippen LogP contribution in [0.15, 0.2) is 16.8 Å². The predicted octanol–water partition coefficient (Wildman–Crippen LogP) is 4.17. The Hall–Kier alpha value is -0.230. The molecule has 3 nitrogen and oxygen atoms in total. The normalized spacial score (nSPS) is 22.0. The number of hydrogen-bond acceptors (Lipinski definition) is 4. The summed E-state index contributed by atoms with van der Waals surface area (Å²) in [4.78, 5) is 15.1. The lowest BCUT2D eigenvalue weighted by Gasteiger charge is -2.30. The van der Waals surface area contributed by atoms with Gasteiger partial charge in [-0.15, -0.1) is 24.2 Å². The summed E-state index contributed by atoms with van der Waals surface area (Å²) in [5.74, 6) is 0.912. The summed E-state index contributed by atoms with van der Waals surface area (Å²) in [6, 6.07) is 2.61. The molecule has 1 aromatic heterocycles. The predicted molar refractivity (Wildman–Crippen MR) is 107 cm³/mol. The molecule has 1 atom stereocenters. The average molecular weight is 389 g/mol. The maximum atomic E-state index is 12.9. The average Bonchev–Trinajstić information content (AvgIpc) is 2.95. The molecule has 6 heteroatoms. The highest BCUT2D eigenvalue weighted by Gasteiger charge is 2.57. The van der Waals surface area contributed by atoms with Crippen LogP contribution in [0.4, 0.5) is 0 Å². The van der Waals surface area contributed by atoms with Gasteiger partial charge in [0.25, 0.3) is 0 Å². The van der Waals surface area contributed by atoms with E-state index in [4.69, 9.17) is 0 Å². The smallest absolute Gasteiger partial charge is 0.233 e. The number of carbonyl (C=O) groups excluding carboxylic acids is 1. The summed E-state index contributed by atoms with van der Waals surface area (Å²) < 4.78 is 0.139. The van der Waals surface area contributed by atoms with E-state index in [1.54, 1.807) is 23.1 Å². The van der Waals surface area contributed by atoms with Crippen molar-refractivity contribution in [1.29, 1.82) is 0 Å². The van der Waals surface area contributed by atoms with Gasteiger partial charge in [-0.3, -0.25) is 4.79 Å². The molecule has 1 amide bonds. The highest BCUT2D eigenvalue weighted by molar-refractivity contribution is 8.01. The number of thiophene rings is 1. The van der Waals surface area contributed by atoms with Gasteiger partial charge in [-0.1, -0.05) is 20.8 Å².